The van der Waals surface area contributed by atoms with Crippen LogP contribution in [0, 0.1) is 5.92 Å². The first-order chi connectivity index (χ1) is 7.11. The molecular weight excluding hydrogens is 190 g/mol. The van der Waals surface area contributed by atoms with Crippen molar-refractivity contribution in [2.75, 3.05) is 13.2 Å². The van der Waals surface area contributed by atoms with E-state index in [-0.39, 0.29) is 6.10 Å². The largest absolute Gasteiger partial charge is 0.392 e. The van der Waals surface area contributed by atoms with Gasteiger partial charge in [-0.2, -0.15) is 0 Å². The molecule has 3 heteroatoms. The van der Waals surface area contributed by atoms with Crippen LogP contribution in [0.1, 0.15) is 40.0 Å². The van der Waals surface area contributed by atoms with E-state index in [2.05, 4.69) is 19.2 Å². The van der Waals surface area contributed by atoms with Gasteiger partial charge in [0.25, 0.3) is 0 Å². The van der Waals surface area contributed by atoms with Crippen LogP contribution >= 0.6 is 0 Å². The molecule has 1 atom stereocenters. The van der Waals surface area contributed by atoms with E-state index < -0.39 is 0 Å². The lowest BCUT2D eigenvalue weighted by Gasteiger charge is -2.36. The quantitative estimate of drug-likeness (QED) is 0.677. The molecule has 90 valence electrons. The summed E-state index contributed by atoms with van der Waals surface area (Å²) in [6, 6.07) is 0.559. The van der Waals surface area contributed by atoms with Crippen LogP contribution in [0.2, 0.25) is 0 Å². The molecule has 1 fully saturated rings. The Balaban J connectivity index is 1.98. The molecule has 0 heterocycles. The molecule has 2 N–H and O–H groups in total. The molecule has 1 saturated carbocycles. The Kier molecular flexibility index (Phi) is 5.58. The second-order valence-corrected chi connectivity index (χ2v) is 4.94. The summed E-state index contributed by atoms with van der Waals surface area (Å²) in [7, 11) is 0. The van der Waals surface area contributed by atoms with Crippen LogP contribution in [-0.4, -0.2) is 36.5 Å². The van der Waals surface area contributed by atoms with Crippen LogP contribution in [0.3, 0.4) is 0 Å². The van der Waals surface area contributed by atoms with Crippen LogP contribution in [0.4, 0.5) is 0 Å². The van der Waals surface area contributed by atoms with Crippen LogP contribution in [-0.2, 0) is 4.74 Å². The fourth-order valence-electron chi connectivity index (χ4n) is 2.03. The van der Waals surface area contributed by atoms with Gasteiger partial charge in [0.1, 0.15) is 0 Å². The summed E-state index contributed by atoms with van der Waals surface area (Å²) >= 11 is 0. The third kappa shape index (κ3) is 4.96. The maximum Gasteiger partial charge on any atom is 0.0667 e. The van der Waals surface area contributed by atoms with Gasteiger partial charge in [0.15, 0.2) is 0 Å². The Morgan fingerprint density at radius 3 is 2.60 bits per heavy atom. The number of hydrogen-bond acceptors (Lipinski definition) is 3. The minimum Gasteiger partial charge on any atom is -0.392 e. The zero-order valence-corrected chi connectivity index (χ0v) is 10.2. The third-order valence-corrected chi connectivity index (χ3v) is 2.88. The number of aliphatic hydroxyl groups is 1. The standard InChI is InChI=1S/C12H25NO2/c1-4-15-12-6-10(7-12)13-8-11(14)5-9(2)3/h9-14H,4-8H2,1-3H3. The van der Waals surface area contributed by atoms with Crippen molar-refractivity contribution in [3.63, 3.8) is 0 Å². The highest BCUT2D eigenvalue weighted by molar-refractivity contribution is 4.86. The lowest BCUT2D eigenvalue weighted by molar-refractivity contribution is -0.0127. The zero-order chi connectivity index (χ0) is 11.3. The lowest BCUT2D eigenvalue weighted by Crippen LogP contribution is -2.47. The van der Waals surface area contributed by atoms with E-state index in [1.54, 1.807) is 0 Å². The molecular formula is C12H25NO2. The molecule has 0 amide bonds. The topological polar surface area (TPSA) is 41.5 Å². The minimum absolute atomic E-state index is 0.198. The summed E-state index contributed by atoms with van der Waals surface area (Å²) in [4.78, 5) is 0. The fraction of sp³-hybridized carbons (Fsp3) is 1.00. The van der Waals surface area contributed by atoms with E-state index in [0.717, 1.165) is 32.4 Å². The van der Waals surface area contributed by atoms with E-state index in [4.69, 9.17) is 4.74 Å². The van der Waals surface area contributed by atoms with Gasteiger partial charge in [0, 0.05) is 19.2 Å². The predicted octanol–water partition coefficient (Wildman–Crippen LogP) is 1.55. The van der Waals surface area contributed by atoms with Crippen LogP contribution in [0.15, 0.2) is 0 Å². The van der Waals surface area contributed by atoms with Crippen molar-refractivity contribution in [2.24, 2.45) is 5.92 Å². The maximum atomic E-state index is 9.66. The fourth-order valence-corrected chi connectivity index (χ4v) is 2.03. The molecule has 1 aliphatic carbocycles. The molecule has 0 aromatic carbocycles. The molecule has 1 unspecified atom stereocenters. The molecule has 15 heavy (non-hydrogen) atoms. The minimum atomic E-state index is -0.198. The summed E-state index contributed by atoms with van der Waals surface area (Å²) < 4.78 is 5.48. The summed E-state index contributed by atoms with van der Waals surface area (Å²) in [6.07, 6.45) is 3.34. The van der Waals surface area contributed by atoms with E-state index in [1.165, 1.54) is 0 Å². The van der Waals surface area contributed by atoms with E-state index in [0.29, 0.717) is 18.1 Å². The second kappa shape index (κ2) is 6.46. The van der Waals surface area contributed by atoms with Crippen LogP contribution in [0.5, 0.6) is 0 Å². The van der Waals surface area contributed by atoms with Gasteiger partial charge in [-0.05, 0) is 32.1 Å². The smallest absolute Gasteiger partial charge is 0.0667 e. The van der Waals surface area contributed by atoms with Gasteiger partial charge < -0.3 is 15.2 Å². The summed E-state index contributed by atoms with van der Waals surface area (Å²) in [5, 5.41) is 13.0. The molecule has 0 aliphatic heterocycles. The van der Waals surface area contributed by atoms with Gasteiger partial charge in [-0.1, -0.05) is 13.8 Å². The van der Waals surface area contributed by atoms with Crippen molar-refractivity contribution in [3.05, 3.63) is 0 Å². The average molecular weight is 215 g/mol. The van der Waals surface area contributed by atoms with E-state index in [1.807, 2.05) is 6.92 Å². The number of hydrogen-bond donors (Lipinski definition) is 2. The summed E-state index contributed by atoms with van der Waals surface area (Å²) in [5.41, 5.74) is 0. The van der Waals surface area contributed by atoms with Crippen molar-refractivity contribution in [1.29, 1.82) is 0 Å². The second-order valence-electron chi connectivity index (χ2n) is 4.94. The number of ether oxygens (including phenoxy) is 1. The number of nitrogens with one attached hydrogen (secondary N) is 1. The Labute approximate surface area is 93.2 Å². The molecule has 0 radical (unpaired) electrons. The molecule has 0 bridgehead atoms. The normalized spacial score (nSPS) is 27.8. The average Bonchev–Trinajstić information content (AvgIpc) is 2.07. The Hall–Kier alpha value is -0.120. The van der Waals surface area contributed by atoms with Gasteiger partial charge in [0.2, 0.25) is 0 Å². The Morgan fingerprint density at radius 1 is 1.40 bits per heavy atom. The highest BCUT2D eigenvalue weighted by Crippen LogP contribution is 2.23. The molecule has 1 aliphatic rings. The van der Waals surface area contributed by atoms with E-state index in [9.17, 15) is 5.11 Å². The first kappa shape index (κ1) is 12.9. The van der Waals surface area contributed by atoms with Crippen molar-refractivity contribution < 1.29 is 9.84 Å². The van der Waals surface area contributed by atoms with Gasteiger partial charge in [-0.25, -0.2) is 0 Å². The highest BCUT2D eigenvalue weighted by Gasteiger charge is 2.29. The first-order valence-corrected chi connectivity index (χ1v) is 6.14. The van der Waals surface area contributed by atoms with Gasteiger partial charge in [-0.3, -0.25) is 0 Å². The zero-order valence-electron chi connectivity index (χ0n) is 10.2. The number of rotatable bonds is 7. The third-order valence-electron chi connectivity index (χ3n) is 2.88. The predicted molar refractivity (Wildman–Crippen MR) is 61.9 cm³/mol. The van der Waals surface area contributed by atoms with Crippen LogP contribution < -0.4 is 5.32 Å². The SMILES string of the molecule is CCOC1CC(NCC(O)CC(C)C)C1. The molecule has 0 aromatic heterocycles. The van der Waals surface area contributed by atoms with Gasteiger partial charge in [-0.15, -0.1) is 0 Å². The van der Waals surface area contributed by atoms with Crippen molar-refractivity contribution >= 4 is 0 Å². The van der Waals surface area contributed by atoms with Gasteiger partial charge >= 0.3 is 0 Å². The van der Waals surface area contributed by atoms with Crippen LogP contribution in [0.25, 0.3) is 0 Å². The summed E-state index contributed by atoms with van der Waals surface area (Å²) in [6.45, 7) is 7.84. The van der Waals surface area contributed by atoms with Gasteiger partial charge in [0.05, 0.1) is 12.2 Å². The van der Waals surface area contributed by atoms with E-state index >= 15 is 0 Å². The molecule has 3 nitrogen and oxygen atoms in total. The van der Waals surface area contributed by atoms with Crippen molar-refractivity contribution in [1.82, 2.24) is 5.32 Å². The lowest BCUT2D eigenvalue weighted by atomic mass is 9.89. The highest BCUT2D eigenvalue weighted by atomic mass is 16.5. The van der Waals surface area contributed by atoms with Crippen molar-refractivity contribution in [2.45, 2.75) is 58.3 Å². The van der Waals surface area contributed by atoms with Crippen molar-refractivity contribution in [3.8, 4) is 0 Å². The summed E-state index contributed by atoms with van der Waals surface area (Å²) in [5.74, 6) is 0.569. The monoisotopic (exact) mass is 215 g/mol. The number of aliphatic hydroxyl groups excluding tert-OH is 1. The molecule has 0 saturated heterocycles. The Morgan fingerprint density at radius 2 is 2.07 bits per heavy atom. The Bertz CT molecular complexity index is 167. The molecule has 1 rings (SSSR count). The first-order valence-electron chi connectivity index (χ1n) is 6.14. The maximum absolute atomic E-state index is 9.66. The molecule has 0 spiro atoms. The molecule has 0 aromatic rings.